The Kier molecular flexibility index (Phi) is 5.52. The van der Waals surface area contributed by atoms with Crippen LogP contribution in [0.1, 0.15) is 12.8 Å². The zero-order chi connectivity index (χ0) is 10.2. The summed E-state index contributed by atoms with van der Waals surface area (Å²) in [5, 5.41) is 6.06. The number of carbonyl (C=O) groups excluding carboxylic acids is 1. The van der Waals surface area contributed by atoms with Gasteiger partial charge in [-0.15, -0.1) is 24.8 Å². The van der Waals surface area contributed by atoms with E-state index in [2.05, 4.69) is 15.6 Å². The molecule has 0 radical (unpaired) electrons. The fourth-order valence-electron chi connectivity index (χ4n) is 1.89. The molecule has 0 aromatic rings. The van der Waals surface area contributed by atoms with Gasteiger partial charge in [0.15, 0.2) is 0 Å². The van der Waals surface area contributed by atoms with Gasteiger partial charge in [-0.1, -0.05) is 0 Å². The molecule has 2 aliphatic heterocycles. The summed E-state index contributed by atoms with van der Waals surface area (Å²) in [5.74, 6) is 0.750. The highest BCUT2D eigenvalue weighted by Crippen LogP contribution is 2.27. The first-order valence-electron chi connectivity index (χ1n) is 4.93. The van der Waals surface area contributed by atoms with Crippen LogP contribution in [0.2, 0.25) is 0 Å². The summed E-state index contributed by atoms with van der Waals surface area (Å²) in [6, 6.07) is 0. The molecule has 0 bridgehead atoms. The summed E-state index contributed by atoms with van der Waals surface area (Å²) in [5.41, 5.74) is -0.481. The Hall–Kier alpha value is -0.520. The molecule has 1 saturated heterocycles. The van der Waals surface area contributed by atoms with Crippen LogP contribution in [0.4, 0.5) is 0 Å². The van der Waals surface area contributed by atoms with Crippen LogP contribution in [0.5, 0.6) is 0 Å². The Labute approximate surface area is 108 Å². The molecule has 1 fully saturated rings. The molecule has 0 saturated carbocycles. The van der Waals surface area contributed by atoms with Gasteiger partial charge in [0.1, 0.15) is 5.54 Å². The molecule has 2 N–H and O–H groups in total. The SMILES string of the molecule is CN(C)C1=NC2(CCNCC2)C(=O)N1.Cl.Cl. The predicted molar refractivity (Wildman–Crippen MR) is 68.6 cm³/mol. The van der Waals surface area contributed by atoms with E-state index in [0.717, 1.165) is 25.9 Å². The number of carbonyl (C=O) groups is 1. The minimum atomic E-state index is -0.481. The van der Waals surface area contributed by atoms with E-state index in [0.29, 0.717) is 5.96 Å². The van der Waals surface area contributed by atoms with Crippen molar-refractivity contribution < 1.29 is 4.79 Å². The number of aliphatic imine (C=N–C) groups is 1. The van der Waals surface area contributed by atoms with Crippen LogP contribution in [0.3, 0.4) is 0 Å². The van der Waals surface area contributed by atoms with Gasteiger partial charge in [-0.2, -0.15) is 0 Å². The molecule has 94 valence electrons. The molecule has 0 aromatic carbocycles. The molecular weight excluding hydrogens is 251 g/mol. The van der Waals surface area contributed by atoms with Crippen LogP contribution in [-0.2, 0) is 4.79 Å². The van der Waals surface area contributed by atoms with Crippen molar-refractivity contribution >= 4 is 36.7 Å². The van der Waals surface area contributed by atoms with Crippen molar-refractivity contribution in [1.82, 2.24) is 15.5 Å². The number of hydrogen-bond acceptors (Lipinski definition) is 4. The molecule has 16 heavy (non-hydrogen) atoms. The van der Waals surface area contributed by atoms with Gasteiger partial charge in [0.05, 0.1) is 0 Å². The molecule has 0 unspecified atom stereocenters. The van der Waals surface area contributed by atoms with E-state index in [1.54, 1.807) is 0 Å². The fourth-order valence-corrected chi connectivity index (χ4v) is 1.89. The Morgan fingerprint density at radius 1 is 1.25 bits per heavy atom. The second-order valence-corrected chi connectivity index (χ2v) is 4.07. The minimum absolute atomic E-state index is 0. The Bertz CT molecular complexity index is 287. The predicted octanol–water partition coefficient (Wildman–Crippen LogP) is -0.000400. The molecule has 2 heterocycles. The summed E-state index contributed by atoms with van der Waals surface area (Å²) in [6.07, 6.45) is 1.60. The standard InChI is InChI=1S/C9H16N4O.2ClH/c1-13(2)8-11-7(14)9(12-8)3-5-10-6-4-9;;/h10H,3-6H2,1-2H3,(H,11,12,14);2*1H. The van der Waals surface area contributed by atoms with Gasteiger partial charge >= 0.3 is 0 Å². The molecule has 5 nitrogen and oxygen atoms in total. The molecule has 7 heteroatoms. The average Bonchev–Trinajstić information content (AvgIpc) is 2.46. The number of amides is 1. The second-order valence-electron chi connectivity index (χ2n) is 4.07. The topological polar surface area (TPSA) is 56.7 Å². The van der Waals surface area contributed by atoms with E-state index < -0.39 is 5.54 Å². The lowest BCUT2D eigenvalue weighted by Gasteiger charge is -2.27. The van der Waals surface area contributed by atoms with Crippen LogP contribution in [-0.4, -0.2) is 49.5 Å². The molecule has 1 spiro atoms. The maximum Gasteiger partial charge on any atom is 0.254 e. The molecule has 2 aliphatic rings. The normalized spacial score (nSPS) is 21.6. The lowest BCUT2D eigenvalue weighted by molar-refractivity contribution is -0.124. The number of halogens is 2. The fraction of sp³-hybridized carbons (Fsp3) is 0.778. The third-order valence-corrected chi connectivity index (χ3v) is 2.82. The number of guanidine groups is 1. The van der Waals surface area contributed by atoms with Crippen LogP contribution >= 0.6 is 24.8 Å². The van der Waals surface area contributed by atoms with Crippen molar-refractivity contribution in [2.24, 2.45) is 4.99 Å². The van der Waals surface area contributed by atoms with E-state index in [4.69, 9.17) is 0 Å². The number of nitrogens with one attached hydrogen (secondary N) is 2. The largest absolute Gasteiger partial charge is 0.349 e. The van der Waals surface area contributed by atoms with Crippen molar-refractivity contribution in [3.05, 3.63) is 0 Å². The number of nitrogens with zero attached hydrogens (tertiary/aromatic N) is 2. The molecule has 2 rings (SSSR count). The van der Waals surface area contributed by atoms with Crippen LogP contribution in [0, 0.1) is 0 Å². The lowest BCUT2D eigenvalue weighted by atomic mass is 9.89. The third-order valence-electron chi connectivity index (χ3n) is 2.82. The molecular formula is C9H18Cl2N4O. The molecule has 0 aromatic heterocycles. The monoisotopic (exact) mass is 268 g/mol. The summed E-state index contributed by atoms with van der Waals surface area (Å²) in [4.78, 5) is 18.1. The van der Waals surface area contributed by atoms with Gasteiger partial charge in [0, 0.05) is 14.1 Å². The maximum absolute atomic E-state index is 11.8. The summed E-state index contributed by atoms with van der Waals surface area (Å²) in [7, 11) is 3.78. The number of hydrogen-bond donors (Lipinski definition) is 2. The quantitative estimate of drug-likeness (QED) is 0.651. The third kappa shape index (κ3) is 2.59. The average molecular weight is 269 g/mol. The van der Waals surface area contributed by atoms with Crippen molar-refractivity contribution in [3.63, 3.8) is 0 Å². The first-order valence-corrected chi connectivity index (χ1v) is 4.93. The minimum Gasteiger partial charge on any atom is -0.349 e. The highest BCUT2D eigenvalue weighted by molar-refractivity contribution is 6.07. The van der Waals surface area contributed by atoms with Crippen LogP contribution in [0.15, 0.2) is 4.99 Å². The van der Waals surface area contributed by atoms with E-state index in [1.807, 2.05) is 19.0 Å². The Morgan fingerprint density at radius 2 is 1.81 bits per heavy atom. The van der Waals surface area contributed by atoms with Crippen molar-refractivity contribution in [3.8, 4) is 0 Å². The van der Waals surface area contributed by atoms with Crippen molar-refractivity contribution in [2.75, 3.05) is 27.2 Å². The van der Waals surface area contributed by atoms with Gasteiger partial charge in [0.25, 0.3) is 5.91 Å². The number of rotatable bonds is 0. The van der Waals surface area contributed by atoms with Gasteiger partial charge in [0.2, 0.25) is 5.96 Å². The van der Waals surface area contributed by atoms with Crippen LogP contribution in [0.25, 0.3) is 0 Å². The maximum atomic E-state index is 11.8. The smallest absolute Gasteiger partial charge is 0.254 e. The van der Waals surface area contributed by atoms with Gasteiger partial charge in [-0.05, 0) is 25.9 Å². The van der Waals surface area contributed by atoms with Crippen molar-refractivity contribution in [2.45, 2.75) is 18.4 Å². The summed E-state index contributed by atoms with van der Waals surface area (Å²) >= 11 is 0. The summed E-state index contributed by atoms with van der Waals surface area (Å²) < 4.78 is 0. The van der Waals surface area contributed by atoms with Crippen molar-refractivity contribution in [1.29, 1.82) is 0 Å². The van der Waals surface area contributed by atoms with E-state index >= 15 is 0 Å². The van der Waals surface area contributed by atoms with Gasteiger partial charge < -0.3 is 10.2 Å². The highest BCUT2D eigenvalue weighted by Gasteiger charge is 2.44. The van der Waals surface area contributed by atoms with Gasteiger partial charge in [-0.3, -0.25) is 10.1 Å². The first-order chi connectivity index (χ1) is 6.64. The zero-order valence-electron chi connectivity index (χ0n) is 9.45. The highest BCUT2D eigenvalue weighted by atomic mass is 35.5. The molecule has 0 aliphatic carbocycles. The summed E-state index contributed by atoms with van der Waals surface area (Å²) in [6.45, 7) is 1.75. The van der Waals surface area contributed by atoms with Crippen LogP contribution < -0.4 is 10.6 Å². The Balaban J connectivity index is 0.00000112. The van der Waals surface area contributed by atoms with Gasteiger partial charge in [-0.25, -0.2) is 4.99 Å². The zero-order valence-corrected chi connectivity index (χ0v) is 11.1. The van der Waals surface area contributed by atoms with E-state index in [9.17, 15) is 4.79 Å². The number of piperidine rings is 1. The second kappa shape index (κ2) is 5.70. The van der Waals surface area contributed by atoms with E-state index in [1.165, 1.54) is 0 Å². The lowest BCUT2D eigenvalue weighted by Crippen LogP contribution is -2.47. The molecule has 1 amide bonds. The van der Waals surface area contributed by atoms with E-state index in [-0.39, 0.29) is 30.7 Å². The molecule has 0 atom stereocenters. The first kappa shape index (κ1) is 15.5. The Morgan fingerprint density at radius 3 is 2.25 bits per heavy atom.